The number of hydrogen-bond donors (Lipinski definition) is 1. The van der Waals surface area contributed by atoms with E-state index in [4.69, 9.17) is 34.8 Å². The number of anilines is 1. The minimum Gasteiger partial charge on any atom is -0.350 e. The van der Waals surface area contributed by atoms with Crippen LogP contribution in [0.4, 0.5) is 5.69 Å². The van der Waals surface area contributed by atoms with Crippen LogP contribution in [0.25, 0.3) is 0 Å². The van der Waals surface area contributed by atoms with Crippen molar-refractivity contribution in [2.75, 3.05) is 10.8 Å². The summed E-state index contributed by atoms with van der Waals surface area (Å²) in [7, 11) is -4.17. The van der Waals surface area contributed by atoms with E-state index in [1.54, 1.807) is 68.4 Å². The number of aryl methyl sites for hydroxylation is 1. The van der Waals surface area contributed by atoms with Gasteiger partial charge in [-0.1, -0.05) is 59.1 Å². The van der Waals surface area contributed by atoms with Gasteiger partial charge in [-0.3, -0.25) is 13.9 Å². The van der Waals surface area contributed by atoms with Gasteiger partial charge in [-0.2, -0.15) is 0 Å². The van der Waals surface area contributed by atoms with Crippen LogP contribution in [0.2, 0.25) is 15.1 Å². The predicted octanol–water partition coefficient (Wildman–Crippen LogP) is 6.48. The lowest BCUT2D eigenvalue weighted by molar-refractivity contribution is -0.140. The fourth-order valence-corrected chi connectivity index (χ4v) is 6.07. The van der Waals surface area contributed by atoms with Crippen LogP contribution in [-0.2, 0) is 26.2 Å². The van der Waals surface area contributed by atoms with Crippen molar-refractivity contribution in [1.82, 2.24) is 10.2 Å². The van der Waals surface area contributed by atoms with Gasteiger partial charge in [0.25, 0.3) is 10.0 Å². The Morgan fingerprint density at radius 2 is 1.57 bits per heavy atom. The summed E-state index contributed by atoms with van der Waals surface area (Å²) in [5.74, 6) is -0.975. The highest BCUT2D eigenvalue weighted by Gasteiger charge is 2.34. The first-order valence-corrected chi connectivity index (χ1v) is 15.1. The van der Waals surface area contributed by atoms with Gasteiger partial charge in [0.05, 0.1) is 20.6 Å². The summed E-state index contributed by atoms with van der Waals surface area (Å²) in [4.78, 5) is 28.5. The normalized spacial score (nSPS) is 12.5. The second kappa shape index (κ2) is 12.8. The summed E-state index contributed by atoms with van der Waals surface area (Å²) in [6.45, 7) is 8.24. The van der Waals surface area contributed by atoms with Gasteiger partial charge >= 0.3 is 0 Å². The van der Waals surface area contributed by atoms with E-state index in [-0.39, 0.29) is 17.3 Å². The predicted molar refractivity (Wildman–Crippen MR) is 162 cm³/mol. The fraction of sp³-hybridized carbons (Fsp3) is 0.310. The molecule has 0 aliphatic heterocycles. The van der Waals surface area contributed by atoms with E-state index < -0.39 is 34.1 Å². The average Bonchev–Trinajstić information content (AvgIpc) is 2.87. The smallest absolute Gasteiger partial charge is 0.264 e. The lowest BCUT2D eigenvalue weighted by Gasteiger charge is -2.34. The molecule has 0 spiro atoms. The number of hydrogen-bond acceptors (Lipinski definition) is 4. The lowest BCUT2D eigenvalue weighted by Crippen LogP contribution is -2.54. The highest BCUT2D eigenvalue weighted by molar-refractivity contribution is 7.92. The number of sulfonamides is 1. The SMILES string of the molecule is Cc1cc(Cl)ccc1N(CC(=O)N(Cc1ccc(Cl)c(Cl)c1)C(C)C(=O)NC(C)(C)C)S(=O)(=O)c1ccccc1. The van der Waals surface area contributed by atoms with Crippen molar-refractivity contribution >= 4 is 62.3 Å². The molecule has 2 amide bonds. The van der Waals surface area contributed by atoms with Crippen molar-refractivity contribution in [2.45, 2.75) is 57.6 Å². The Balaban J connectivity index is 2.07. The third-order valence-electron chi connectivity index (χ3n) is 6.04. The lowest BCUT2D eigenvalue weighted by atomic mass is 10.1. The number of carbonyl (C=O) groups excluding carboxylic acids is 2. The Kier molecular flexibility index (Phi) is 10.2. The molecular formula is C29H32Cl3N3O4S. The van der Waals surface area contributed by atoms with Crippen LogP contribution >= 0.6 is 34.8 Å². The molecule has 0 aliphatic carbocycles. The molecule has 3 aromatic carbocycles. The topological polar surface area (TPSA) is 86.8 Å². The van der Waals surface area contributed by atoms with E-state index in [9.17, 15) is 18.0 Å². The summed E-state index contributed by atoms with van der Waals surface area (Å²) in [5, 5.41) is 3.96. The average molecular weight is 625 g/mol. The maximum Gasteiger partial charge on any atom is 0.264 e. The van der Waals surface area contributed by atoms with E-state index in [1.807, 2.05) is 20.8 Å². The molecule has 0 fully saturated rings. The van der Waals surface area contributed by atoms with E-state index >= 15 is 0 Å². The van der Waals surface area contributed by atoms with Crippen LogP contribution in [0.5, 0.6) is 0 Å². The molecule has 11 heteroatoms. The molecule has 1 unspecified atom stereocenters. The first kappa shape index (κ1) is 31.7. The van der Waals surface area contributed by atoms with E-state index in [0.717, 1.165) is 4.31 Å². The molecule has 214 valence electrons. The highest BCUT2D eigenvalue weighted by Crippen LogP contribution is 2.30. The van der Waals surface area contributed by atoms with Crippen molar-refractivity contribution in [2.24, 2.45) is 0 Å². The summed E-state index contributed by atoms with van der Waals surface area (Å²) in [5.41, 5.74) is 0.933. The van der Waals surface area contributed by atoms with Gasteiger partial charge < -0.3 is 10.2 Å². The zero-order chi connectivity index (χ0) is 29.8. The molecule has 3 aromatic rings. The number of nitrogens with one attached hydrogen (secondary N) is 1. The number of nitrogens with zero attached hydrogens (tertiary/aromatic N) is 2. The van der Waals surface area contributed by atoms with E-state index in [2.05, 4.69) is 5.32 Å². The Hall–Kier alpha value is -2.78. The number of halogens is 3. The van der Waals surface area contributed by atoms with Gasteiger partial charge in [0, 0.05) is 17.1 Å². The minimum atomic E-state index is -4.17. The Labute approximate surface area is 251 Å². The maximum absolute atomic E-state index is 14.0. The van der Waals surface area contributed by atoms with Crippen molar-refractivity contribution in [1.29, 1.82) is 0 Å². The molecule has 1 atom stereocenters. The summed E-state index contributed by atoms with van der Waals surface area (Å²) in [6, 6.07) is 16.6. The van der Waals surface area contributed by atoms with Crippen molar-refractivity contribution in [3.05, 3.63) is 92.9 Å². The summed E-state index contributed by atoms with van der Waals surface area (Å²) >= 11 is 18.4. The van der Waals surface area contributed by atoms with Crippen LogP contribution < -0.4 is 9.62 Å². The molecule has 0 aromatic heterocycles. The highest BCUT2D eigenvalue weighted by atomic mass is 35.5. The first-order chi connectivity index (χ1) is 18.6. The second-order valence-corrected chi connectivity index (χ2v) is 13.6. The van der Waals surface area contributed by atoms with Gasteiger partial charge in [0.2, 0.25) is 11.8 Å². The van der Waals surface area contributed by atoms with E-state index in [0.29, 0.717) is 31.9 Å². The largest absolute Gasteiger partial charge is 0.350 e. The first-order valence-electron chi connectivity index (χ1n) is 12.5. The quantitative estimate of drug-likeness (QED) is 0.295. The molecule has 0 bridgehead atoms. The second-order valence-electron chi connectivity index (χ2n) is 10.4. The maximum atomic E-state index is 14.0. The van der Waals surface area contributed by atoms with Crippen molar-refractivity contribution in [3.63, 3.8) is 0 Å². The van der Waals surface area contributed by atoms with Gasteiger partial charge in [0.15, 0.2) is 0 Å². The van der Waals surface area contributed by atoms with Crippen LogP contribution in [0, 0.1) is 6.92 Å². The van der Waals surface area contributed by atoms with Gasteiger partial charge in [-0.05, 0) is 88.2 Å². The Morgan fingerprint density at radius 1 is 0.925 bits per heavy atom. The van der Waals surface area contributed by atoms with Crippen molar-refractivity contribution in [3.8, 4) is 0 Å². The van der Waals surface area contributed by atoms with E-state index in [1.165, 1.54) is 17.0 Å². The van der Waals surface area contributed by atoms with Crippen LogP contribution in [0.3, 0.4) is 0 Å². The number of amides is 2. The zero-order valence-corrected chi connectivity index (χ0v) is 26.0. The van der Waals surface area contributed by atoms with Gasteiger partial charge in [-0.15, -0.1) is 0 Å². The molecule has 7 nitrogen and oxygen atoms in total. The van der Waals surface area contributed by atoms with Gasteiger partial charge in [-0.25, -0.2) is 8.42 Å². The third kappa shape index (κ3) is 7.91. The number of carbonyl (C=O) groups is 2. The Morgan fingerprint density at radius 3 is 2.15 bits per heavy atom. The standard InChI is InChI=1S/C29H32Cl3N3O4S/c1-19-15-22(30)12-14-26(19)35(40(38,39)23-9-7-6-8-10-23)18-27(36)34(20(2)28(37)33-29(3,4)5)17-21-11-13-24(31)25(32)16-21/h6-16,20H,17-18H2,1-5H3,(H,33,37). The molecule has 40 heavy (non-hydrogen) atoms. The number of rotatable bonds is 9. The third-order valence-corrected chi connectivity index (χ3v) is 8.79. The summed E-state index contributed by atoms with van der Waals surface area (Å²) < 4.78 is 28.8. The summed E-state index contributed by atoms with van der Waals surface area (Å²) in [6.07, 6.45) is 0. The van der Waals surface area contributed by atoms with Crippen LogP contribution in [0.15, 0.2) is 71.6 Å². The fourth-order valence-electron chi connectivity index (χ4n) is 4.02. The molecule has 0 saturated heterocycles. The zero-order valence-electron chi connectivity index (χ0n) is 22.9. The molecule has 0 saturated carbocycles. The molecule has 3 rings (SSSR count). The Bertz CT molecular complexity index is 1490. The van der Waals surface area contributed by atoms with Crippen molar-refractivity contribution < 1.29 is 18.0 Å². The molecular weight excluding hydrogens is 593 g/mol. The minimum absolute atomic E-state index is 0.00667. The van der Waals surface area contributed by atoms with Crippen LogP contribution in [0.1, 0.15) is 38.8 Å². The van der Waals surface area contributed by atoms with Crippen LogP contribution in [-0.4, -0.2) is 43.3 Å². The molecule has 0 radical (unpaired) electrons. The molecule has 0 aliphatic rings. The van der Waals surface area contributed by atoms with Gasteiger partial charge in [0.1, 0.15) is 12.6 Å². The molecule has 1 N–H and O–H groups in total. The monoisotopic (exact) mass is 623 g/mol. The molecule has 0 heterocycles. The number of benzene rings is 3.